The van der Waals surface area contributed by atoms with Crippen molar-refractivity contribution < 1.29 is 27.7 Å². The fourth-order valence-corrected chi connectivity index (χ4v) is 0.840. The first-order valence-corrected chi connectivity index (χ1v) is 3.84. The molecule has 0 atom stereocenters. The minimum absolute atomic E-state index is 0.0826. The lowest BCUT2D eigenvalue weighted by Crippen LogP contribution is -2.17. The molecule has 0 aliphatic heterocycles. The average Bonchev–Trinajstić information content (AvgIpc) is 2.14. The fourth-order valence-electron chi connectivity index (χ4n) is 0.658. The van der Waals surface area contributed by atoms with E-state index in [1.807, 2.05) is 0 Å². The Balaban J connectivity index is 2.66. The molecule has 0 aliphatic rings. The molecular weight excluding hydrogens is 239 g/mol. The van der Waals surface area contributed by atoms with Crippen LogP contribution in [0.3, 0.4) is 0 Å². The highest BCUT2D eigenvalue weighted by molar-refractivity contribution is 6.33. The van der Waals surface area contributed by atoms with Gasteiger partial charge in [0.15, 0.2) is 0 Å². The van der Waals surface area contributed by atoms with Crippen molar-refractivity contribution >= 4 is 17.6 Å². The Bertz CT molecular complexity index is 369. The maximum absolute atomic E-state index is 11.5. The van der Waals surface area contributed by atoms with Crippen LogP contribution in [-0.4, -0.2) is 17.3 Å². The first-order valence-electron chi connectivity index (χ1n) is 3.46. The summed E-state index contributed by atoms with van der Waals surface area (Å²) in [6.07, 6.45) is -2.82. The van der Waals surface area contributed by atoms with Crippen molar-refractivity contribution in [3.8, 4) is 0 Å². The molecule has 4 nitrogen and oxygen atoms in total. The van der Waals surface area contributed by atoms with Crippen LogP contribution < -0.4 is 0 Å². The minimum Gasteiger partial charge on any atom is -0.284 e. The van der Waals surface area contributed by atoms with Gasteiger partial charge in [-0.3, -0.25) is 9.87 Å². The van der Waals surface area contributed by atoms with Crippen LogP contribution in [0.5, 0.6) is 0 Å². The van der Waals surface area contributed by atoms with Crippen molar-refractivity contribution in [2.24, 2.45) is 0 Å². The van der Waals surface area contributed by atoms with E-state index in [0.717, 1.165) is 6.20 Å². The molecule has 1 rings (SSSR count). The van der Waals surface area contributed by atoms with E-state index in [4.69, 9.17) is 11.6 Å². The Labute approximate surface area is 86.5 Å². The van der Waals surface area contributed by atoms with Gasteiger partial charge in [-0.05, 0) is 6.07 Å². The Kier molecular flexibility index (Phi) is 3.48. The molecule has 0 amide bonds. The Morgan fingerprint density at radius 1 is 1.47 bits per heavy atom. The molecule has 15 heavy (non-hydrogen) atoms. The molecule has 0 aromatic carbocycles. The third-order valence-corrected chi connectivity index (χ3v) is 1.53. The lowest BCUT2D eigenvalue weighted by molar-refractivity contribution is -0.457. The van der Waals surface area contributed by atoms with Gasteiger partial charge in [0.25, 0.3) is 0 Å². The summed E-state index contributed by atoms with van der Waals surface area (Å²) in [5.74, 6) is -1.37. The summed E-state index contributed by atoms with van der Waals surface area (Å²) in [5.41, 5.74) is -0.316. The van der Waals surface area contributed by atoms with Crippen molar-refractivity contribution in [1.82, 2.24) is 4.98 Å². The van der Waals surface area contributed by atoms with Gasteiger partial charge in [0.1, 0.15) is 0 Å². The summed E-state index contributed by atoms with van der Waals surface area (Å²) >= 11 is 5.49. The third kappa shape index (κ3) is 3.72. The fraction of sp³-hybridized carbons (Fsp3) is 0.143. The number of carbonyl (C=O) groups excluding carboxylic acids is 1. The molecule has 8 heteroatoms. The van der Waals surface area contributed by atoms with Crippen LogP contribution in [0.15, 0.2) is 18.5 Å². The molecule has 1 aromatic heterocycles. The highest BCUT2D eigenvalue weighted by Crippen LogP contribution is 2.19. The van der Waals surface area contributed by atoms with Crippen LogP contribution in [0.25, 0.3) is 0 Å². The van der Waals surface area contributed by atoms with Crippen LogP contribution in [0.2, 0.25) is 5.02 Å². The second-order valence-corrected chi connectivity index (χ2v) is 2.66. The summed E-state index contributed by atoms with van der Waals surface area (Å²) in [6.45, 7) is 0. The molecule has 0 aliphatic carbocycles. The van der Waals surface area contributed by atoms with Crippen molar-refractivity contribution in [2.75, 3.05) is 0 Å². The normalized spacial score (nSPS) is 11.2. The van der Waals surface area contributed by atoms with Gasteiger partial charge in [-0.2, -0.15) is 0 Å². The van der Waals surface area contributed by atoms with E-state index in [9.17, 15) is 18.0 Å². The van der Waals surface area contributed by atoms with E-state index in [-0.39, 0.29) is 10.6 Å². The van der Waals surface area contributed by atoms with E-state index >= 15 is 0 Å². The van der Waals surface area contributed by atoms with Gasteiger partial charge in [0, 0.05) is 12.4 Å². The summed E-state index contributed by atoms with van der Waals surface area (Å²) < 4.78 is 34.5. The maximum Gasteiger partial charge on any atom is 0.558 e. The Morgan fingerprint density at radius 3 is 2.67 bits per heavy atom. The third-order valence-electron chi connectivity index (χ3n) is 1.20. The van der Waals surface area contributed by atoms with E-state index in [0.29, 0.717) is 0 Å². The van der Waals surface area contributed by atoms with Crippen LogP contribution in [0.1, 0.15) is 10.4 Å². The molecule has 1 heterocycles. The molecule has 82 valence electrons. The van der Waals surface area contributed by atoms with E-state index in [1.165, 1.54) is 12.3 Å². The van der Waals surface area contributed by atoms with Crippen LogP contribution in [0.4, 0.5) is 13.2 Å². The Morgan fingerprint density at radius 2 is 2.13 bits per heavy atom. The molecular formula is C7H3ClF3NO3. The zero-order valence-corrected chi connectivity index (χ0v) is 7.67. The van der Waals surface area contributed by atoms with Crippen LogP contribution >= 0.6 is 11.6 Å². The van der Waals surface area contributed by atoms with E-state index in [1.54, 1.807) is 0 Å². The summed E-state index contributed by atoms with van der Waals surface area (Å²) in [5, 5.41) is -0.0826. The van der Waals surface area contributed by atoms with E-state index in [2.05, 4.69) is 14.8 Å². The zero-order chi connectivity index (χ0) is 11.5. The molecule has 1 aromatic rings. The first-order chi connectivity index (χ1) is 6.90. The van der Waals surface area contributed by atoms with Gasteiger partial charge < -0.3 is 0 Å². The number of rotatable bonds is 2. The van der Waals surface area contributed by atoms with Crippen LogP contribution in [0, 0.1) is 0 Å². The van der Waals surface area contributed by atoms with Gasteiger partial charge in [-0.25, -0.2) is 4.79 Å². The zero-order valence-electron chi connectivity index (χ0n) is 6.92. The summed E-state index contributed by atoms with van der Waals surface area (Å²) in [7, 11) is 0. The molecule has 0 unspecified atom stereocenters. The van der Waals surface area contributed by atoms with Gasteiger partial charge in [-0.1, -0.05) is 16.5 Å². The number of hydrogen-bond acceptors (Lipinski definition) is 4. The second kappa shape index (κ2) is 4.45. The smallest absolute Gasteiger partial charge is 0.284 e. The van der Waals surface area contributed by atoms with Gasteiger partial charge in [0.2, 0.25) is 0 Å². The molecule has 0 radical (unpaired) electrons. The highest BCUT2D eigenvalue weighted by Gasteiger charge is 2.33. The number of pyridine rings is 1. The van der Waals surface area contributed by atoms with Crippen LogP contribution in [-0.2, 0) is 9.78 Å². The van der Waals surface area contributed by atoms with Gasteiger partial charge >= 0.3 is 12.3 Å². The highest BCUT2D eigenvalue weighted by atomic mass is 35.5. The predicted molar refractivity (Wildman–Crippen MR) is 41.8 cm³/mol. The second-order valence-electron chi connectivity index (χ2n) is 2.26. The number of nitrogens with zero attached hydrogens (tertiary/aromatic N) is 1. The molecule has 0 spiro atoms. The van der Waals surface area contributed by atoms with Gasteiger partial charge in [0.05, 0.1) is 10.6 Å². The van der Waals surface area contributed by atoms with Crippen molar-refractivity contribution in [3.05, 3.63) is 29.0 Å². The van der Waals surface area contributed by atoms with Crippen molar-refractivity contribution in [1.29, 1.82) is 0 Å². The topological polar surface area (TPSA) is 48.4 Å². The minimum atomic E-state index is -5.05. The molecule has 0 saturated heterocycles. The molecule has 0 saturated carbocycles. The average molecular weight is 242 g/mol. The molecule has 0 bridgehead atoms. The number of aromatic nitrogens is 1. The standard InChI is InChI=1S/C7H3ClF3NO3/c8-5-1-2-12-3-4(5)6(13)14-15-7(9,10)11/h1-3H. The number of alkyl halides is 3. The number of halogens is 4. The number of carbonyl (C=O) groups is 1. The SMILES string of the molecule is O=C(OOC(F)(F)F)c1cnccc1Cl. The monoisotopic (exact) mass is 241 g/mol. The lowest BCUT2D eigenvalue weighted by atomic mass is 10.3. The molecule has 0 fully saturated rings. The van der Waals surface area contributed by atoms with Crippen molar-refractivity contribution in [3.63, 3.8) is 0 Å². The first kappa shape index (κ1) is 11.7. The lowest BCUT2D eigenvalue weighted by Gasteiger charge is -2.05. The van der Waals surface area contributed by atoms with E-state index < -0.39 is 12.3 Å². The molecule has 0 N–H and O–H groups in total. The summed E-state index contributed by atoms with van der Waals surface area (Å²) in [6, 6.07) is 1.23. The van der Waals surface area contributed by atoms with Gasteiger partial charge in [-0.15, -0.1) is 13.2 Å². The largest absolute Gasteiger partial charge is 0.558 e. The van der Waals surface area contributed by atoms with Crippen molar-refractivity contribution in [2.45, 2.75) is 6.36 Å². The maximum atomic E-state index is 11.5. The Hall–Kier alpha value is -1.34. The quantitative estimate of drug-likeness (QED) is 0.589. The number of hydrogen-bond donors (Lipinski definition) is 0. The summed E-state index contributed by atoms with van der Waals surface area (Å²) in [4.78, 5) is 20.8. The predicted octanol–water partition coefficient (Wildman–Crippen LogP) is 2.34.